The topological polar surface area (TPSA) is 64.2 Å². The van der Waals surface area contributed by atoms with E-state index in [4.69, 9.17) is 5.73 Å². The van der Waals surface area contributed by atoms with Crippen LogP contribution in [-0.2, 0) is 20.0 Å². The van der Waals surface area contributed by atoms with E-state index in [1.165, 1.54) is 0 Å². The fraction of sp³-hybridized carbons (Fsp3) is 0.556. The number of hydrogen-bond acceptors (Lipinski definition) is 3. The molecule has 0 unspecified atom stereocenters. The van der Waals surface area contributed by atoms with E-state index in [-0.39, 0.29) is 0 Å². The van der Waals surface area contributed by atoms with E-state index >= 15 is 0 Å². The van der Waals surface area contributed by atoms with Crippen LogP contribution < -0.4 is 5.73 Å². The van der Waals surface area contributed by atoms with Crippen LogP contribution in [-0.4, -0.2) is 34.2 Å². The molecule has 76 valence electrons. The number of nitrogens with two attached hydrogens (primary N) is 1. The van der Waals surface area contributed by atoms with Crippen LogP contribution in [0.5, 0.6) is 0 Å². The Kier molecular flexibility index (Phi) is 2.03. The van der Waals surface area contributed by atoms with Crippen molar-refractivity contribution < 1.29 is 4.79 Å². The molecule has 1 aliphatic heterocycles. The van der Waals surface area contributed by atoms with Crippen LogP contribution in [0.15, 0.2) is 0 Å². The molecule has 14 heavy (non-hydrogen) atoms. The van der Waals surface area contributed by atoms with Gasteiger partial charge < -0.3 is 10.6 Å². The number of fused-ring (bicyclic) bond motifs is 1. The van der Waals surface area contributed by atoms with Crippen molar-refractivity contribution in [1.29, 1.82) is 0 Å². The quantitative estimate of drug-likeness (QED) is 0.656. The molecular weight excluding hydrogens is 180 g/mol. The molecule has 0 atom stereocenters. The summed E-state index contributed by atoms with van der Waals surface area (Å²) in [6.45, 7) is 1.75. The summed E-state index contributed by atoms with van der Waals surface area (Å²) in [7, 11) is 3.79. The summed E-state index contributed by atoms with van der Waals surface area (Å²) in [4.78, 5) is 13.4. The molecule has 2 N–H and O–H groups in total. The molecule has 0 spiro atoms. The highest BCUT2D eigenvalue weighted by molar-refractivity contribution is 5.92. The number of aryl methyl sites for hydroxylation is 1. The van der Waals surface area contributed by atoms with E-state index in [9.17, 15) is 4.79 Å². The lowest BCUT2D eigenvalue weighted by molar-refractivity contribution is 0.0989. The number of rotatable bonds is 1. The molecular formula is C9H14N4O. The highest BCUT2D eigenvalue weighted by Crippen LogP contribution is 2.20. The summed E-state index contributed by atoms with van der Waals surface area (Å²) in [6.07, 6.45) is 0.896. The van der Waals surface area contributed by atoms with Gasteiger partial charge in [0.25, 0.3) is 5.91 Å². The van der Waals surface area contributed by atoms with Crippen LogP contribution in [0.2, 0.25) is 0 Å². The van der Waals surface area contributed by atoms with Crippen molar-refractivity contribution >= 4 is 5.91 Å². The van der Waals surface area contributed by atoms with E-state index < -0.39 is 5.91 Å². The van der Waals surface area contributed by atoms with Crippen LogP contribution in [0.25, 0.3) is 0 Å². The number of amides is 1. The van der Waals surface area contributed by atoms with Crippen molar-refractivity contribution in [3.05, 3.63) is 17.0 Å². The van der Waals surface area contributed by atoms with Gasteiger partial charge in [0.1, 0.15) is 5.69 Å². The second kappa shape index (κ2) is 3.09. The van der Waals surface area contributed by atoms with Gasteiger partial charge in [-0.05, 0) is 7.05 Å². The lowest BCUT2D eigenvalue weighted by Gasteiger charge is -2.21. The maximum atomic E-state index is 11.2. The predicted octanol–water partition coefficient (Wildman–Crippen LogP) is -0.493. The largest absolute Gasteiger partial charge is 0.364 e. The van der Waals surface area contributed by atoms with E-state index in [0.717, 1.165) is 30.8 Å². The number of likely N-dealkylation sites (N-methyl/N-ethyl adjacent to an activating group) is 1. The Morgan fingerprint density at radius 2 is 2.21 bits per heavy atom. The van der Waals surface area contributed by atoms with Crippen LogP contribution in [0.4, 0.5) is 0 Å². The first kappa shape index (κ1) is 9.21. The molecule has 2 rings (SSSR count). The first-order valence-corrected chi connectivity index (χ1v) is 4.62. The van der Waals surface area contributed by atoms with Gasteiger partial charge in [-0.25, -0.2) is 0 Å². The van der Waals surface area contributed by atoms with Gasteiger partial charge in [-0.1, -0.05) is 0 Å². The van der Waals surface area contributed by atoms with Crippen molar-refractivity contribution in [2.75, 3.05) is 13.6 Å². The van der Waals surface area contributed by atoms with Gasteiger partial charge in [0.2, 0.25) is 0 Å². The molecule has 0 radical (unpaired) electrons. The highest BCUT2D eigenvalue weighted by Gasteiger charge is 2.24. The van der Waals surface area contributed by atoms with Crippen molar-refractivity contribution in [3.8, 4) is 0 Å². The Morgan fingerprint density at radius 3 is 2.86 bits per heavy atom. The number of nitrogens with zero attached hydrogens (tertiary/aromatic N) is 3. The zero-order valence-electron chi connectivity index (χ0n) is 8.45. The van der Waals surface area contributed by atoms with E-state index in [2.05, 4.69) is 10.00 Å². The molecule has 0 aromatic carbocycles. The predicted molar refractivity (Wildman–Crippen MR) is 51.8 cm³/mol. The number of hydrogen-bond donors (Lipinski definition) is 1. The second-order valence-electron chi connectivity index (χ2n) is 3.75. The van der Waals surface area contributed by atoms with E-state index in [1.807, 2.05) is 7.05 Å². The average molecular weight is 194 g/mol. The van der Waals surface area contributed by atoms with Crippen molar-refractivity contribution in [2.24, 2.45) is 12.8 Å². The van der Waals surface area contributed by atoms with Crippen molar-refractivity contribution in [3.63, 3.8) is 0 Å². The zero-order valence-corrected chi connectivity index (χ0v) is 8.45. The molecule has 5 heteroatoms. The van der Waals surface area contributed by atoms with Gasteiger partial charge in [0, 0.05) is 32.1 Å². The number of primary amides is 1. The zero-order chi connectivity index (χ0) is 10.3. The smallest absolute Gasteiger partial charge is 0.267 e. The summed E-state index contributed by atoms with van der Waals surface area (Å²) < 4.78 is 1.59. The summed E-state index contributed by atoms with van der Waals surface area (Å²) in [6, 6.07) is 0. The Hall–Kier alpha value is -1.36. The summed E-state index contributed by atoms with van der Waals surface area (Å²) in [5.41, 5.74) is 7.87. The number of aromatic nitrogens is 2. The third kappa shape index (κ3) is 1.29. The molecule has 0 fully saturated rings. The first-order valence-electron chi connectivity index (χ1n) is 4.62. The molecule has 1 aliphatic rings. The standard InChI is InChI=1S/C9H14N4O/c1-12-4-3-7-6(5-12)8(9(10)14)13(2)11-7/h3-5H2,1-2H3,(H2,10,14). The molecule has 0 saturated heterocycles. The van der Waals surface area contributed by atoms with Crippen LogP contribution >= 0.6 is 0 Å². The van der Waals surface area contributed by atoms with Gasteiger partial charge in [-0.15, -0.1) is 0 Å². The molecule has 1 amide bonds. The third-order valence-corrected chi connectivity index (χ3v) is 2.62. The normalized spacial score (nSPS) is 16.7. The summed E-state index contributed by atoms with van der Waals surface area (Å²) >= 11 is 0. The molecule has 5 nitrogen and oxygen atoms in total. The Balaban J connectivity index is 2.50. The van der Waals surface area contributed by atoms with E-state index in [1.54, 1.807) is 11.7 Å². The third-order valence-electron chi connectivity index (χ3n) is 2.62. The summed E-state index contributed by atoms with van der Waals surface area (Å²) in [5.74, 6) is -0.392. The first-order chi connectivity index (χ1) is 6.59. The lowest BCUT2D eigenvalue weighted by atomic mass is 10.1. The SMILES string of the molecule is CN1CCc2nn(C)c(C(N)=O)c2C1. The van der Waals surface area contributed by atoms with Crippen LogP contribution in [0, 0.1) is 0 Å². The molecule has 0 aliphatic carbocycles. The lowest BCUT2D eigenvalue weighted by Crippen LogP contribution is -2.28. The molecule has 1 aromatic rings. The fourth-order valence-corrected chi connectivity index (χ4v) is 1.94. The Morgan fingerprint density at radius 1 is 1.50 bits per heavy atom. The number of carbonyl (C=O) groups excluding carboxylic acids is 1. The fourth-order valence-electron chi connectivity index (χ4n) is 1.94. The minimum absolute atomic E-state index is 0.392. The highest BCUT2D eigenvalue weighted by atomic mass is 16.1. The Labute approximate surface area is 82.5 Å². The maximum Gasteiger partial charge on any atom is 0.267 e. The van der Waals surface area contributed by atoms with E-state index in [0.29, 0.717) is 5.69 Å². The molecule has 0 saturated carbocycles. The van der Waals surface area contributed by atoms with Crippen molar-refractivity contribution in [2.45, 2.75) is 13.0 Å². The minimum atomic E-state index is -0.392. The monoisotopic (exact) mass is 194 g/mol. The summed E-state index contributed by atoms with van der Waals surface area (Å²) in [5, 5.41) is 4.30. The average Bonchev–Trinajstić information content (AvgIpc) is 2.40. The molecule has 1 aromatic heterocycles. The van der Waals surface area contributed by atoms with Crippen molar-refractivity contribution in [1.82, 2.24) is 14.7 Å². The van der Waals surface area contributed by atoms with Gasteiger partial charge in [-0.3, -0.25) is 9.48 Å². The van der Waals surface area contributed by atoms with Gasteiger partial charge >= 0.3 is 0 Å². The second-order valence-corrected chi connectivity index (χ2v) is 3.75. The van der Waals surface area contributed by atoms with Crippen LogP contribution in [0.1, 0.15) is 21.7 Å². The van der Waals surface area contributed by atoms with Crippen LogP contribution in [0.3, 0.4) is 0 Å². The van der Waals surface area contributed by atoms with Gasteiger partial charge in [-0.2, -0.15) is 5.10 Å². The minimum Gasteiger partial charge on any atom is -0.364 e. The Bertz CT molecular complexity index is 382. The maximum absolute atomic E-state index is 11.2. The molecule has 0 bridgehead atoms. The van der Waals surface area contributed by atoms with Gasteiger partial charge in [0.15, 0.2) is 0 Å². The molecule has 2 heterocycles. The van der Waals surface area contributed by atoms with Gasteiger partial charge in [0.05, 0.1) is 5.69 Å². The number of carbonyl (C=O) groups is 1.